The van der Waals surface area contributed by atoms with Crippen LogP contribution in [0, 0.1) is 0 Å². The molecule has 3 heteroatoms. The summed E-state index contributed by atoms with van der Waals surface area (Å²) < 4.78 is 0. The van der Waals surface area contributed by atoms with E-state index in [1.165, 1.54) is 0 Å². The molecule has 2 aliphatic rings. The molecule has 1 aliphatic heterocycles. The average Bonchev–Trinajstić information content (AvgIpc) is 2.77. The first-order valence-electron chi connectivity index (χ1n) is 4.60. The molecule has 1 aromatic carbocycles. The molecule has 1 heterocycles. The summed E-state index contributed by atoms with van der Waals surface area (Å²) in [6, 6.07) is 3.79. The quantitative estimate of drug-likeness (QED) is 0.714. The molecule has 0 aromatic heterocycles. The zero-order valence-electron chi connectivity index (χ0n) is 7.77. The molecule has 15 heavy (non-hydrogen) atoms. The molecule has 0 radical (unpaired) electrons. The summed E-state index contributed by atoms with van der Waals surface area (Å²) >= 11 is 0. The van der Waals surface area contributed by atoms with Crippen LogP contribution in [-0.2, 0) is 4.79 Å². The van der Waals surface area contributed by atoms with Gasteiger partial charge in [-0.05, 0) is 35.1 Å². The molecule has 3 rings (SSSR count). The topological polar surface area (TPSA) is 49.7 Å². The van der Waals surface area contributed by atoms with E-state index in [9.17, 15) is 4.79 Å². The van der Waals surface area contributed by atoms with Crippen molar-refractivity contribution in [1.82, 2.24) is 0 Å². The van der Waals surface area contributed by atoms with Crippen LogP contribution >= 0.6 is 0 Å². The summed E-state index contributed by atoms with van der Waals surface area (Å²) in [4.78, 5) is 15.1. The lowest BCUT2D eigenvalue weighted by atomic mass is 10.1. The minimum atomic E-state index is -0.893. The lowest BCUT2D eigenvalue weighted by Crippen LogP contribution is -2.16. The Labute approximate surface area is 85.4 Å². The van der Waals surface area contributed by atoms with Gasteiger partial charge in [0.15, 0.2) is 0 Å². The van der Waals surface area contributed by atoms with Gasteiger partial charge in [-0.1, -0.05) is 6.08 Å². The van der Waals surface area contributed by atoms with E-state index < -0.39 is 5.97 Å². The fourth-order valence-corrected chi connectivity index (χ4v) is 1.89. The second-order valence-electron chi connectivity index (χ2n) is 3.50. The Hall–Kier alpha value is -2.16. The normalized spacial score (nSPS) is 15.1. The summed E-state index contributed by atoms with van der Waals surface area (Å²) in [5.74, 6) is -0.893. The third-order valence-electron chi connectivity index (χ3n) is 2.62. The van der Waals surface area contributed by atoms with Gasteiger partial charge in [-0.25, -0.2) is 4.79 Å². The number of allylic oxidation sites excluding steroid dienone is 1. The van der Waals surface area contributed by atoms with Gasteiger partial charge in [-0.2, -0.15) is 0 Å². The number of fused-ring (bicyclic) bond motifs is 2. The molecule has 72 valence electrons. The van der Waals surface area contributed by atoms with E-state index in [4.69, 9.17) is 5.11 Å². The zero-order valence-corrected chi connectivity index (χ0v) is 7.77. The molecule has 0 unspecified atom stereocenters. The highest BCUT2D eigenvalue weighted by Crippen LogP contribution is 2.15. The number of aliphatic carboxylic acids is 1. The highest BCUT2D eigenvalue weighted by molar-refractivity contribution is 6.18. The number of hydrogen-bond acceptors (Lipinski definition) is 2. The van der Waals surface area contributed by atoms with Crippen LogP contribution in [0.4, 0.5) is 0 Å². The van der Waals surface area contributed by atoms with Gasteiger partial charge in [0.05, 0.1) is 10.9 Å². The fraction of sp³-hybridized carbons (Fsp3) is 0. The minimum Gasteiger partial charge on any atom is -0.478 e. The Morgan fingerprint density at radius 2 is 2.13 bits per heavy atom. The van der Waals surface area contributed by atoms with Crippen molar-refractivity contribution in [3.63, 3.8) is 0 Å². The predicted octanol–water partition coefficient (Wildman–Crippen LogP) is 0.553. The highest BCUT2D eigenvalue weighted by Gasteiger charge is 2.16. The van der Waals surface area contributed by atoms with Crippen LogP contribution in [-0.4, -0.2) is 11.1 Å². The maximum atomic E-state index is 10.9. The molecule has 0 amide bonds. The second kappa shape index (κ2) is 2.67. The number of nitrogens with zero attached hydrogens (tertiary/aromatic N) is 1. The van der Waals surface area contributed by atoms with Crippen LogP contribution < -0.4 is 10.6 Å². The molecule has 0 spiro atoms. The van der Waals surface area contributed by atoms with Crippen LogP contribution in [0.2, 0.25) is 0 Å². The summed E-state index contributed by atoms with van der Waals surface area (Å²) in [6.45, 7) is 0. The summed E-state index contributed by atoms with van der Waals surface area (Å²) in [5, 5.41) is 10.8. The first kappa shape index (κ1) is 8.17. The number of carbonyl (C=O) groups is 1. The van der Waals surface area contributed by atoms with Crippen molar-refractivity contribution >= 4 is 23.7 Å². The summed E-state index contributed by atoms with van der Waals surface area (Å²) in [5.41, 5.74) is 2.15. The van der Waals surface area contributed by atoms with Crippen molar-refractivity contribution in [2.75, 3.05) is 0 Å². The van der Waals surface area contributed by atoms with E-state index in [0.29, 0.717) is 5.57 Å². The first-order valence-corrected chi connectivity index (χ1v) is 4.60. The Morgan fingerprint density at radius 1 is 1.27 bits per heavy atom. The molecule has 1 aromatic rings. The monoisotopic (exact) mass is 197 g/mol. The Bertz CT molecular complexity index is 651. The van der Waals surface area contributed by atoms with E-state index >= 15 is 0 Å². The first-order chi connectivity index (χ1) is 7.25. The standard InChI is InChI=1S/C12H7NO2/c14-12(15)9-2-1-7-5-8-3-4-13-11(8)6-10(7)9/h1-6H,(H,14,15). The largest absolute Gasteiger partial charge is 0.478 e. The maximum Gasteiger partial charge on any atom is 0.336 e. The van der Waals surface area contributed by atoms with E-state index in [1.54, 1.807) is 12.3 Å². The smallest absolute Gasteiger partial charge is 0.336 e. The van der Waals surface area contributed by atoms with Crippen molar-refractivity contribution < 1.29 is 9.90 Å². The van der Waals surface area contributed by atoms with E-state index in [-0.39, 0.29) is 0 Å². The predicted molar refractivity (Wildman–Crippen MR) is 56.3 cm³/mol. The van der Waals surface area contributed by atoms with Gasteiger partial charge in [0, 0.05) is 11.8 Å². The molecular formula is C12H7NO2. The summed E-state index contributed by atoms with van der Waals surface area (Å²) in [7, 11) is 0. The molecule has 0 atom stereocenters. The van der Waals surface area contributed by atoms with E-state index in [1.807, 2.05) is 24.3 Å². The lowest BCUT2D eigenvalue weighted by Gasteiger charge is -1.99. The highest BCUT2D eigenvalue weighted by atomic mass is 16.4. The van der Waals surface area contributed by atoms with Crippen molar-refractivity contribution in [2.45, 2.75) is 0 Å². The third-order valence-corrected chi connectivity index (χ3v) is 2.62. The number of carboxylic acids is 1. The lowest BCUT2D eigenvalue weighted by molar-refractivity contribution is -0.130. The van der Waals surface area contributed by atoms with Crippen LogP contribution in [0.15, 0.2) is 29.4 Å². The molecular weight excluding hydrogens is 190 g/mol. The van der Waals surface area contributed by atoms with Crippen molar-refractivity contribution in [2.24, 2.45) is 4.99 Å². The molecule has 1 aliphatic carbocycles. The number of carboxylic acid groups (broad SMARTS) is 1. The Kier molecular flexibility index (Phi) is 1.45. The number of hydrogen-bond donors (Lipinski definition) is 1. The van der Waals surface area contributed by atoms with Gasteiger partial charge in [0.2, 0.25) is 0 Å². The van der Waals surface area contributed by atoms with Gasteiger partial charge >= 0.3 is 5.97 Å². The van der Waals surface area contributed by atoms with Gasteiger partial charge in [-0.15, -0.1) is 0 Å². The van der Waals surface area contributed by atoms with Crippen LogP contribution in [0.3, 0.4) is 0 Å². The second-order valence-corrected chi connectivity index (χ2v) is 3.50. The van der Waals surface area contributed by atoms with E-state index in [0.717, 1.165) is 21.7 Å². The molecule has 0 saturated carbocycles. The van der Waals surface area contributed by atoms with Gasteiger partial charge in [0.1, 0.15) is 0 Å². The average molecular weight is 197 g/mol. The fourth-order valence-electron chi connectivity index (χ4n) is 1.89. The number of rotatable bonds is 1. The van der Waals surface area contributed by atoms with Crippen LogP contribution in [0.1, 0.15) is 11.1 Å². The van der Waals surface area contributed by atoms with Crippen molar-refractivity contribution in [3.8, 4) is 0 Å². The van der Waals surface area contributed by atoms with Crippen molar-refractivity contribution in [3.05, 3.63) is 46.1 Å². The molecule has 1 N–H and O–H groups in total. The van der Waals surface area contributed by atoms with Crippen LogP contribution in [0.25, 0.3) is 17.7 Å². The third kappa shape index (κ3) is 1.06. The Balaban J connectivity index is 2.30. The van der Waals surface area contributed by atoms with Crippen LogP contribution in [0.5, 0.6) is 0 Å². The molecule has 0 fully saturated rings. The molecule has 0 saturated heterocycles. The molecule has 3 nitrogen and oxygen atoms in total. The number of benzene rings is 1. The van der Waals surface area contributed by atoms with Gasteiger partial charge in [0.25, 0.3) is 0 Å². The zero-order chi connectivity index (χ0) is 10.4. The maximum absolute atomic E-state index is 10.9. The SMILES string of the molecule is O=C(O)C1=CC=c2cc3c(cc21)=NC=C3. The molecule has 0 bridgehead atoms. The van der Waals surface area contributed by atoms with Gasteiger partial charge in [-0.3, -0.25) is 4.99 Å². The summed E-state index contributed by atoms with van der Waals surface area (Å²) in [6.07, 6.45) is 7.10. The minimum absolute atomic E-state index is 0.343. The van der Waals surface area contributed by atoms with Gasteiger partial charge < -0.3 is 5.11 Å². The Morgan fingerprint density at radius 3 is 2.93 bits per heavy atom. The van der Waals surface area contributed by atoms with Crippen molar-refractivity contribution in [1.29, 1.82) is 0 Å². The van der Waals surface area contributed by atoms with E-state index in [2.05, 4.69) is 4.99 Å².